The predicted octanol–water partition coefficient (Wildman–Crippen LogP) is 7.12. The standard InChI is InChI=1S/C27H27N3/c1-18(2)24-14-23(15-30-27(24)22-8-6-5-7-9-22)20-10-12-21(13-11-20)26-17-28-25(16-29-26)19(3)4/h5-19H,1-4H3. The molecule has 4 rings (SSSR count). The minimum absolute atomic E-state index is 0.385. The van der Waals surface area contributed by atoms with Crippen LogP contribution in [-0.4, -0.2) is 15.0 Å². The van der Waals surface area contributed by atoms with Gasteiger partial charge in [-0.25, -0.2) is 0 Å². The highest BCUT2D eigenvalue weighted by Gasteiger charge is 2.12. The summed E-state index contributed by atoms with van der Waals surface area (Å²) in [6, 6.07) is 21.1. The van der Waals surface area contributed by atoms with Gasteiger partial charge < -0.3 is 0 Å². The van der Waals surface area contributed by atoms with Crippen LogP contribution in [0, 0.1) is 0 Å². The highest BCUT2D eigenvalue weighted by atomic mass is 14.8. The van der Waals surface area contributed by atoms with Crippen molar-refractivity contribution in [2.45, 2.75) is 39.5 Å². The third kappa shape index (κ3) is 4.16. The number of hydrogen-bond acceptors (Lipinski definition) is 3. The molecule has 0 unspecified atom stereocenters. The number of hydrogen-bond donors (Lipinski definition) is 0. The zero-order valence-corrected chi connectivity index (χ0v) is 18.0. The van der Waals surface area contributed by atoms with Crippen LogP contribution in [0.25, 0.3) is 33.6 Å². The molecule has 0 aliphatic carbocycles. The van der Waals surface area contributed by atoms with Gasteiger partial charge in [0.25, 0.3) is 0 Å². The molecule has 2 aromatic heterocycles. The molecule has 0 aliphatic rings. The second-order valence-corrected chi connectivity index (χ2v) is 8.24. The smallest absolute Gasteiger partial charge is 0.0885 e. The van der Waals surface area contributed by atoms with E-state index in [0.29, 0.717) is 11.8 Å². The summed E-state index contributed by atoms with van der Waals surface area (Å²) in [5, 5.41) is 0. The van der Waals surface area contributed by atoms with E-state index in [1.54, 1.807) is 0 Å². The van der Waals surface area contributed by atoms with Gasteiger partial charge in [0.15, 0.2) is 0 Å². The fourth-order valence-electron chi connectivity index (χ4n) is 3.54. The van der Waals surface area contributed by atoms with Crippen molar-refractivity contribution in [2.75, 3.05) is 0 Å². The molecule has 0 N–H and O–H groups in total. The van der Waals surface area contributed by atoms with Crippen molar-refractivity contribution in [1.29, 1.82) is 0 Å². The fourth-order valence-corrected chi connectivity index (χ4v) is 3.54. The normalized spacial score (nSPS) is 11.3. The van der Waals surface area contributed by atoms with Crippen LogP contribution in [0.15, 0.2) is 79.3 Å². The number of aromatic nitrogens is 3. The average Bonchev–Trinajstić information content (AvgIpc) is 2.79. The van der Waals surface area contributed by atoms with Gasteiger partial charge in [0.2, 0.25) is 0 Å². The molecule has 0 fully saturated rings. The summed E-state index contributed by atoms with van der Waals surface area (Å²) < 4.78 is 0. The summed E-state index contributed by atoms with van der Waals surface area (Å²) in [7, 11) is 0. The SMILES string of the molecule is CC(C)c1cnc(-c2ccc(-c3cnc(-c4ccccc4)c(C(C)C)c3)cc2)cn1. The van der Waals surface area contributed by atoms with Gasteiger partial charge >= 0.3 is 0 Å². The number of nitrogens with zero attached hydrogens (tertiary/aromatic N) is 3. The van der Waals surface area contributed by atoms with Crippen molar-refractivity contribution in [3.8, 4) is 33.6 Å². The lowest BCUT2D eigenvalue weighted by atomic mass is 9.94. The van der Waals surface area contributed by atoms with Crippen molar-refractivity contribution in [3.63, 3.8) is 0 Å². The van der Waals surface area contributed by atoms with Crippen molar-refractivity contribution in [2.24, 2.45) is 0 Å². The maximum Gasteiger partial charge on any atom is 0.0885 e. The Morgan fingerprint density at radius 3 is 1.87 bits per heavy atom. The van der Waals surface area contributed by atoms with E-state index in [1.165, 1.54) is 5.56 Å². The molecule has 0 saturated carbocycles. The molecule has 3 heteroatoms. The molecule has 0 amide bonds. The molecule has 0 spiro atoms. The lowest BCUT2D eigenvalue weighted by Gasteiger charge is -2.14. The second kappa shape index (κ2) is 8.58. The Hall–Kier alpha value is -3.33. The highest BCUT2D eigenvalue weighted by molar-refractivity contribution is 5.72. The first-order valence-electron chi connectivity index (χ1n) is 10.5. The van der Waals surface area contributed by atoms with Gasteiger partial charge in [-0.15, -0.1) is 0 Å². The molecule has 0 radical (unpaired) electrons. The summed E-state index contributed by atoms with van der Waals surface area (Å²) in [5.41, 5.74) is 8.74. The van der Waals surface area contributed by atoms with E-state index < -0.39 is 0 Å². The Morgan fingerprint density at radius 1 is 0.567 bits per heavy atom. The second-order valence-electron chi connectivity index (χ2n) is 8.24. The molecule has 0 atom stereocenters. The molecule has 3 nitrogen and oxygen atoms in total. The van der Waals surface area contributed by atoms with E-state index in [2.05, 4.69) is 92.3 Å². The summed E-state index contributed by atoms with van der Waals surface area (Å²) in [6.45, 7) is 8.69. The topological polar surface area (TPSA) is 38.7 Å². The van der Waals surface area contributed by atoms with Crippen molar-refractivity contribution < 1.29 is 0 Å². The van der Waals surface area contributed by atoms with Crippen LogP contribution in [-0.2, 0) is 0 Å². The van der Waals surface area contributed by atoms with Crippen LogP contribution in [0.1, 0.15) is 50.8 Å². The van der Waals surface area contributed by atoms with E-state index >= 15 is 0 Å². The van der Waals surface area contributed by atoms with Gasteiger partial charge in [0, 0.05) is 29.1 Å². The first-order valence-corrected chi connectivity index (χ1v) is 10.5. The molecule has 30 heavy (non-hydrogen) atoms. The Bertz CT molecular complexity index is 1110. The van der Waals surface area contributed by atoms with E-state index in [9.17, 15) is 0 Å². The first kappa shape index (κ1) is 20.0. The Kier molecular flexibility index (Phi) is 5.71. The Labute approximate surface area is 178 Å². The molecule has 0 bridgehead atoms. The first-order chi connectivity index (χ1) is 14.5. The summed E-state index contributed by atoms with van der Waals surface area (Å²) in [5.74, 6) is 0.775. The highest BCUT2D eigenvalue weighted by Crippen LogP contribution is 2.32. The van der Waals surface area contributed by atoms with Gasteiger partial charge in [-0.1, -0.05) is 82.3 Å². The molecule has 2 heterocycles. The third-order valence-corrected chi connectivity index (χ3v) is 5.36. The van der Waals surface area contributed by atoms with Gasteiger partial charge in [0.05, 0.1) is 23.3 Å². The Balaban J connectivity index is 1.65. The molecule has 4 aromatic rings. The van der Waals surface area contributed by atoms with Gasteiger partial charge in [0.1, 0.15) is 0 Å². The van der Waals surface area contributed by atoms with Crippen molar-refractivity contribution in [1.82, 2.24) is 15.0 Å². The van der Waals surface area contributed by atoms with E-state index in [1.807, 2.05) is 24.7 Å². The van der Waals surface area contributed by atoms with Crippen LogP contribution in [0.2, 0.25) is 0 Å². The van der Waals surface area contributed by atoms with Crippen LogP contribution >= 0.6 is 0 Å². The van der Waals surface area contributed by atoms with E-state index in [4.69, 9.17) is 4.98 Å². The zero-order chi connectivity index (χ0) is 21.1. The van der Waals surface area contributed by atoms with E-state index in [-0.39, 0.29) is 0 Å². The van der Waals surface area contributed by atoms with E-state index in [0.717, 1.165) is 39.3 Å². The summed E-state index contributed by atoms with van der Waals surface area (Å²) in [4.78, 5) is 13.9. The van der Waals surface area contributed by atoms with Gasteiger partial charge in [-0.2, -0.15) is 0 Å². The molecular weight excluding hydrogens is 366 g/mol. The lowest BCUT2D eigenvalue weighted by molar-refractivity contribution is 0.813. The molecular formula is C27H27N3. The van der Waals surface area contributed by atoms with Crippen molar-refractivity contribution in [3.05, 3.63) is 90.5 Å². The van der Waals surface area contributed by atoms with Crippen LogP contribution in [0.5, 0.6) is 0 Å². The quantitative estimate of drug-likeness (QED) is 0.362. The van der Waals surface area contributed by atoms with Crippen LogP contribution in [0.4, 0.5) is 0 Å². The zero-order valence-electron chi connectivity index (χ0n) is 18.0. The number of benzene rings is 2. The molecule has 150 valence electrons. The summed E-state index contributed by atoms with van der Waals surface area (Å²) in [6.07, 6.45) is 5.70. The third-order valence-electron chi connectivity index (χ3n) is 5.36. The fraction of sp³-hybridized carbons (Fsp3) is 0.222. The van der Waals surface area contributed by atoms with Crippen molar-refractivity contribution >= 4 is 0 Å². The predicted molar refractivity (Wildman–Crippen MR) is 124 cm³/mol. The van der Waals surface area contributed by atoms with Crippen LogP contribution in [0.3, 0.4) is 0 Å². The maximum atomic E-state index is 4.83. The minimum atomic E-state index is 0.385. The lowest BCUT2D eigenvalue weighted by Crippen LogP contribution is -1.97. The minimum Gasteiger partial charge on any atom is -0.257 e. The molecule has 2 aromatic carbocycles. The van der Waals surface area contributed by atoms with Crippen LogP contribution < -0.4 is 0 Å². The van der Waals surface area contributed by atoms with Gasteiger partial charge in [-0.3, -0.25) is 15.0 Å². The number of pyridine rings is 1. The number of rotatable bonds is 5. The van der Waals surface area contributed by atoms with Gasteiger partial charge in [-0.05, 0) is 29.0 Å². The summed E-state index contributed by atoms with van der Waals surface area (Å²) >= 11 is 0. The molecule has 0 aliphatic heterocycles. The maximum absolute atomic E-state index is 4.83. The average molecular weight is 394 g/mol. The monoisotopic (exact) mass is 393 g/mol. The largest absolute Gasteiger partial charge is 0.257 e. The molecule has 0 saturated heterocycles. The Morgan fingerprint density at radius 2 is 1.27 bits per heavy atom.